The molecule has 1 rings (SSSR count). The molecule has 1 aliphatic rings. The van der Waals surface area contributed by atoms with Crippen LogP contribution in [0.1, 0.15) is 72.1 Å². The van der Waals surface area contributed by atoms with Gasteiger partial charge in [-0.1, -0.05) is 39.5 Å². The summed E-state index contributed by atoms with van der Waals surface area (Å²) in [7, 11) is 0. The number of amides is 1. The maximum absolute atomic E-state index is 11.9. The van der Waals surface area contributed by atoms with E-state index in [1.165, 1.54) is 44.9 Å². The van der Waals surface area contributed by atoms with E-state index in [1.54, 1.807) is 0 Å². The van der Waals surface area contributed by atoms with Crippen molar-refractivity contribution in [2.45, 2.75) is 84.2 Å². The molecule has 19 heavy (non-hydrogen) atoms. The Balaban J connectivity index is 2.30. The number of carbonyl (C=O) groups is 1. The second-order valence-corrected chi connectivity index (χ2v) is 6.04. The third kappa shape index (κ3) is 6.42. The summed E-state index contributed by atoms with van der Waals surface area (Å²) in [6.07, 6.45) is 10.2. The highest BCUT2D eigenvalue weighted by atomic mass is 16.2. The van der Waals surface area contributed by atoms with E-state index in [9.17, 15) is 4.79 Å². The van der Waals surface area contributed by atoms with Crippen LogP contribution in [-0.2, 0) is 4.79 Å². The van der Waals surface area contributed by atoms with Gasteiger partial charge in [0, 0.05) is 12.6 Å². The van der Waals surface area contributed by atoms with E-state index in [4.69, 9.17) is 0 Å². The van der Waals surface area contributed by atoms with E-state index in [-0.39, 0.29) is 11.9 Å². The quantitative estimate of drug-likeness (QED) is 0.696. The molecule has 3 unspecified atom stereocenters. The van der Waals surface area contributed by atoms with Gasteiger partial charge in [0.05, 0.1) is 6.04 Å². The fraction of sp³-hybridized carbons (Fsp3) is 0.938. The van der Waals surface area contributed by atoms with Crippen LogP contribution in [-0.4, -0.2) is 24.5 Å². The molecule has 2 N–H and O–H groups in total. The predicted octanol–water partition coefficient (Wildman–Crippen LogP) is 3.24. The van der Waals surface area contributed by atoms with Gasteiger partial charge in [-0.05, 0) is 38.5 Å². The second kappa shape index (κ2) is 9.35. The summed E-state index contributed by atoms with van der Waals surface area (Å²) < 4.78 is 0. The van der Waals surface area contributed by atoms with Gasteiger partial charge in [-0.2, -0.15) is 0 Å². The van der Waals surface area contributed by atoms with Crippen molar-refractivity contribution in [3.8, 4) is 0 Å². The summed E-state index contributed by atoms with van der Waals surface area (Å²) >= 11 is 0. The molecule has 1 aliphatic carbocycles. The zero-order valence-corrected chi connectivity index (χ0v) is 13.0. The van der Waals surface area contributed by atoms with Crippen LogP contribution in [0.15, 0.2) is 0 Å². The maximum atomic E-state index is 11.9. The average molecular weight is 268 g/mol. The Kier molecular flexibility index (Phi) is 8.11. The van der Waals surface area contributed by atoms with Crippen LogP contribution in [0.5, 0.6) is 0 Å². The zero-order valence-electron chi connectivity index (χ0n) is 13.0. The second-order valence-electron chi connectivity index (χ2n) is 6.04. The third-order valence-electron chi connectivity index (χ3n) is 4.21. The number of nitrogens with one attached hydrogen (secondary N) is 2. The Morgan fingerprint density at radius 1 is 1.16 bits per heavy atom. The van der Waals surface area contributed by atoms with Crippen LogP contribution in [0.4, 0.5) is 0 Å². The maximum Gasteiger partial charge on any atom is 0.236 e. The Morgan fingerprint density at radius 3 is 2.63 bits per heavy atom. The standard InChI is InChI=1S/C16H32N2O/c1-4-7-14-8-6-9-15(11-10-14)18-13(3)16(19)17-12-5-2/h13-15,18H,4-12H2,1-3H3,(H,17,19). The van der Waals surface area contributed by atoms with E-state index in [0.29, 0.717) is 6.04 Å². The molecular weight excluding hydrogens is 236 g/mol. The Hall–Kier alpha value is -0.570. The summed E-state index contributed by atoms with van der Waals surface area (Å²) in [5.41, 5.74) is 0. The summed E-state index contributed by atoms with van der Waals surface area (Å²) in [6, 6.07) is 0.475. The fourth-order valence-electron chi connectivity index (χ4n) is 3.07. The van der Waals surface area contributed by atoms with Crippen molar-refractivity contribution >= 4 is 5.91 Å². The van der Waals surface area contributed by atoms with Gasteiger partial charge in [-0.15, -0.1) is 0 Å². The molecule has 0 heterocycles. The lowest BCUT2D eigenvalue weighted by Crippen LogP contribution is -2.46. The molecule has 3 heteroatoms. The lowest BCUT2D eigenvalue weighted by Gasteiger charge is -2.21. The van der Waals surface area contributed by atoms with Crippen molar-refractivity contribution in [2.24, 2.45) is 5.92 Å². The van der Waals surface area contributed by atoms with Crippen molar-refractivity contribution < 1.29 is 4.79 Å². The first-order valence-electron chi connectivity index (χ1n) is 8.21. The van der Waals surface area contributed by atoms with Crippen LogP contribution >= 0.6 is 0 Å². The first-order valence-corrected chi connectivity index (χ1v) is 8.21. The molecular formula is C16H32N2O. The molecule has 112 valence electrons. The molecule has 0 aromatic heterocycles. The molecule has 0 radical (unpaired) electrons. The lowest BCUT2D eigenvalue weighted by atomic mass is 9.95. The summed E-state index contributed by atoms with van der Waals surface area (Å²) in [6.45, 7) is 7.13. The molecule has 0 aromatic carbocycles. The van der Waals surface area contributed by atoms with Crippen molar-refractivity contribution in [1.82, 2.24) is 10.6 Å². The van der Waals surface area contributed by atoms with Crippen LogP contribution < -0.4 is 10.6 Å². The van der Waals surface area contributed by atoms with Gasteiger partial charge in [0.1, 0.15) is 0 Å². The average Bonchev–Trinajstić information content (AvgIpc) is 2.62. The Bertz CT molecular complexity index is 255. The van der Waals surface area contributed by atoms with Crippen LogP contribution in [0.2, 0.25) is 0 Å². The molecule has 0 saturated heterocycles. The fourth-order valence-corrected chi connectivity index (χ4v) is 3.07. The molecule has 1 amide bonds. The van der Waals surface area contributed by atoms with E-state index in [2.05, 4.69) is 24.5 Å². The van der Waals surface area contributed by atoms with Gasteiger partial charge in [-0.25, -0.2) is 0 Å². The first-order chi connectivity index (χ1) is 9.17. The van der Waals surface area contributed by atoms with Gasteiger partial charge in [-0.3, -0.25) is 4.79 Å². The van der Waals surface area contributed by atoms with Gasteiger partial charge < -0.3 is 10.6 Å². The highest BCUT2D eigenvalue weighted by Gasteiger charge is 2.21. The topological polar surface area (TPSA) is 41.1 Å². The lowest BCUT2D eigenvalue weighted by molar-refractivity contribution is -0.122. The molecule has 1 fully saturated rings. The largest absolute Gasteiger partial charge is 0.355 e. The highest BCUT2D eigenvalue weighted by molar-refractivity contribution is 5.81. The number of rotatable bonds is 7. The molecule has 0 aromatic rings. The van der Waals surface area contributed by atoms with Crippen LogP contribution in [0, 0.1) is 5.92 Å². The minimum absolute atomic E-state index is 0.0562. The zero-order chi connectivity index (χ0) is 14.1. The number of carbonyl (C=O) groups excluding carboxylic acids is 1. The van der Waals surface area contributed by atoms with Crippen LogP contribution in [0.3, 0.4) is 0 Å². The summed E-state index contributed by atoms with van der Waals surface area (Å²) in [5, 5.41) is 6.48. The van der Waals surface area contributed by atoms with Crippen molar-refractivity contribution in [2.75, 3.05) is 6.54 Å². The molecule has 0 aliphatic heterocycles. The number of hydrogen-bond acceptors (Lipinski definition) is 2. The number of hydrogen-bond donors (Lipinski definition) is 2. The van der Waals surface area contributed by atoms with Crippen LogP contribution in [0.25, 0.3) is 0 Å². The minimum Gasteiger partial charge on any atom is -0.355 e. The molecule has 3 atom stereocenters. The Morgan fingerprint density at radius 2 is 1.95 bits per heavy atom. The van der Waals surface area contributed by atoms with E-state index in [0.717, 1.165) is 18.9 Å². The van der Waals surface area contributed by atoms with Gasteiger partial charge in [0.15, 0.2) is 0 Å². The third-order valence-corrected chi connectivity index (χ3v) is 4.21. The molecule has 0 bridgehead atoms. The van der Waals surface area contributed by atoms with Gasteiger partial charge in [0.2, 0.25) is 5.91 Å². The smallest absolute Gasteiger partial charge is 0.236 e. The van der Waals surface area contributed by atoms with Gasteiger partial charge in [0.25, 0.3) is 0 Å². The highest BCUT2D eigenvalue weighted by Crippen LogP contribution is 2.26. The SMILES string of the molecule is CCCNC(=O)C(C)NC1CCCC(CCC)CC1. The molecule has 0 spiro atoms. The van der Waals surface area contributed by atoms with E-state index >= 15 is 0 Å². The monoisotopic (exact) mass is 268 g/mol. The van der Waals surface area contributed by atoms with E-state index < -0.39 is 0 Å². The summed E-state index contributed by atoms with van der Waals surface area (Å²) in [5.74, 6) is 1.07. The first kappa shape index (κ1) is 16.5. The Labute approximate surface area is 118 Å². The van der Waals surface area contributed by atoms with E-state index in [1.807, 2.05) is 6.92 Å². The normalized spacial score (nSPS) is 25.6. The van der Waals surface area contributed by atoms with Crippen molar-refractivity contribution in [3.05, 3.63) is 0 Å². The minimum atomic E-state index is -0.0562. The van der Waals surface area contributed by atoms with Crippen molar-refractivity contribution in [3.63, 3.8) is 0 Å². The molecule has 3 nitrogen and oxygen atoms in total. The molecule has 1 saturated carbocycles. The van der Waals surface area contributed by atoms with Gasteiger partial charge >= 0.3 is 0 Å². The predicted molar refractivity (Wildman–Crippen MR) is 81.2 cm³/mol. The summed E-state index contributed by atoms with van der Waals surface area (Å²) in [4.78, 5) is 11.9. The van der Waals surface area contributed by atoms with Crippen molar-refractivity contribution in [1.29, 1.82) is 0 Å².